The van der Waals surface area contributed by atoms with Crippen molar-refractivity contribution < 1.29 is 19.1 Å². The van der Waals surface area contributed by atoms with Gasteiger partial charge in [-0.3, -0.25) is 9.59 Å². The van der Waals surface area contributed by atoms with Gasteiger partial charge in [0.2, 0.25) is 5.91 Å². The van der Waals surface area contributed by atoms with E-state index in [2.05, 4.69) is 15.9 Å². The van der Waals surface area contributed by atoms with Crippen LogP contribution in [0.1, 0.15) is 35.7 Å². The lowest BCUT2D eigenvalue weighted by atomic mass is 10.1. The van der Waals surface area contributed by atoms with E-state index in [0.29, 0.717) is 43.1 Å². The zero-order valence-electron chi connectivity index (χ0n) is 15.8. The van der Waals surface area contributed by atoms with Gasteiger partial charge in [-0.1, -0.05) is 28.1 Å². The number of halogens is 1. The maximum atomic E-state index is 12.3. The van der Waals surface area contributed by atoms with Crippen molar-refractivity contribution in [2.45, 2.75) is 26.3 Å². The van der Waals surface area contributed by atoms with Gasteiger partial charge in [0.25, 0.3) is 0 Å². The maximum Gasteiger partial charge on any atom is 0.222 e. The number of ketones is 1. The van der Waals surface area contributed by atoms with Crippen LogP contribution >= 0.6 is 15.9 Å². The molecule has 6 heteroatoms. The number of methoxy groups -OCH3 is 1. The van der Waals surface area contributed by atoms with Crippen molar-refractivity contribution >= 4 is 27.6 Å². The van der Waals surface area contributed by atoms with Crippen LogP contribution in [0.3, 0.4) is 0 Å². The van der Waals surface area contributed by atoms with Crippen molar-refractivity contribution in [2.24, 2.45) is 0 Å². The van der Waals surface area contributed by atoms with Crippen LogP contribution < -0.4 is 9.47 Å². The van der Waals surface area contributed by atoms with Gasteiger partial charge in [0.1, 0.15) is 0 Å². The van der Waals surface area contributed by atoms with Gasteiger partial charge in [0.15, 0.2) is 17.3 Å². The fraction of sp³-hybridized carbons (Fsp3) is 0.333. The van der Waals surface area contributed by atoms with Crippen LogP contribution in [0.25, 0.3) is 0 Å². The molecular weight excluding hydrogens is 410 g/mol. The topological polar surface area (TPSA) is 55.8 Å². The van der Waals surface area contributed by atoms with Gasteiger partial charge in [0.05, 0.1) is 13.7 Å². The normalized spacial score (nSPS) is 10.4. The summed E-state index contributed by atoms with van der Waals surface area (Å²) in [5.74, 6) is 1.12. The molecule has 0 bridgehead atoms. The Morgan fingerprint density at radius 2 is 1.78 bits per heavy atom. The lowest BCUT2D eigenvalue weighted by molar-refractivity contribution is -0.130. The molecular formula is C21H24BrNO4. The summed E-state index contributed by atoms with van der Waals surface area (Å²) in [4.78, 5) is 25.4. The minimum atomic E-state index is -0.0285. The Labute approximate surface area is 168 Å². The van der Waals surface area contributed by atoms with E-state index >= 15 is 0 Å². The molecule has 0 heterocycles. The van der Waals surface area contributed by atoms with E-state index in [1.807, 2.05) is 24.3 Å². The first kappa shape index (κ1) is 21.0. The zero-order chi connectivity index (χ0) is 19.8. The predicted molar refractivity (Wildman–Crippen MR) is 108 cm³/mol. The molecule has 2 aromatic rings. The highest BCUT2D eigenvalue weighted by molar-refractivity contribution is 9.10. The zero-order valence-corrected chi connectivity index (χ0v) is 17.4. The predicted octanol–water partition coefficient (Wildman–Crippen LogP) is 4.48. The van der Waals surface area contributed by atoms with Gasteiger partial charge in [-0.05, 0) is 49.2 Å². The molecule has 5 nitrogen and oxygen atoms in total. The minimum Gasteiger partial charge on any atom is -0.493 e. The standard InChI is InChI=1S/C21H24BrNO4/c1-15(24)17-8-11-19(20(13-17)26-3)27-12-4-5-21(25)23(2)14-16-6-9-18(22)10-7-16/h6-11,13H,4-5,12,14H2,1-3H3. The number of rotatable bonds is 9. The lowest BCUT2D eigenvalue weighted by Gasteiger charge is -2.17. The Kier molecular flexibility index (Phi) is 7.85. The highest BCUT2D eigenvalue weighted by Gasteiger charge is 2.11. The van der Waals surface area contributed by atoms with Crippen molar-refractivity contribution in [3.63, 3.8) is 0 Å². The number of Topliss-reactive ketones (excluding diaryl/α,β-unsaturated/α-hetero) is 1. The summed E-state index contributed by atoms with van der Waals surface area (Å²) in [5, 5.41) is 0. The van der Waals surface area contributed by atoms with Gasteiger partial charge >= 0.3 is 0 Å². The molecule has 0 radical (unpaired) electrons. The van der Waals surface area contributed by atoms with E-state index in [1.54, 1.807) is 30.1 Å². The number of carbonyl (C=O) groups excluding carboxylic acids is 2. The number of hydrogen-bond acceptors (Lipinski definition) is 4. The average molecular weight is 434 g/mol. The van der Waals surface area contributed by atoms with Gasteiger partial charge in [-0.25, -0.2) is 0 Å². The summed E-state index contributed by atoms with van der Waals surface area (Å²) in [6.45, 7) is 2.48. The third-order valence-corrected chi connectivity index (χ3v) is 4.65. The molecule has 2 aromatic carbocycles. The first-order valence-electron chi connectivity index (χ1n) is 8.71. The Balaban J connectivity index is 1.79. The summed E-state index contributed by atoms with van der Waals surface area (Å²) in [6.07, 6.45) is 1.00. The largest absolute Gasteiger partial charge is 0.493 e. The van der Waals surface area contributed by atoms with Gasteiger partial charge in [-0.2, -0.15) is 0 Å². The summed E-state index contributed by atoms with van der Waals surface area (Å²) in [6, 6.07) is 13.0. The third kappa shape index (κ3) is 6.40. The highest BCUT2D eigenvalue weighted by atomic mass is 79.9. The fourth-order valence-corrected chi connectivity index (χ4v) is 2.82. The quantitative estimate of drug-likeness (QED) is 0.432. The average Bonchev–Trinajstić information content (AvgIpc) is 2.66. The van der Waals surface area contributed by atoms with Crippen LogP contribution in [0, 0.1) is 0 Å². The molecule has 0 atom stereocenters. The van der Waals surface area contributed by atoms with Crippen molar-refractivity contribution in [2.75, 3.05) is 20.8 Å². The molecule has 0 unspecified atom stereocenters. The number of amides is 1. The monoisotopic (exact) mass is 433 g/mol. The van der Waals surface area contributed by atoms with Crippen LogP contribution in [0.5, 0.6) is 11.5 Å². The van der Waals surface area contributed by atoms with E-state index in [-0.39, 0.29) is 11.7 Å². The molecule has 0 aliphatic carbocycles. The molecule has 0 spiro atoms. The van der Waals surface area contributed by atoms with Crippen molar-refractivity contribution in [1.82, 2.24) is 4.90 Å². The van der Waals surface area contributed by atoms with Gasteiger partial charge in [-0.15, -0.1) is 0 Å². The summed E-state index contributed by atoms with van der Waals surface area (Å²) < 4.78 is 12.0. The number of ether oxygens (including phenoxy) is 2. The number of hydrogen-bond donors (Lipinski definition) is 0. The highest BCUT2D eigenvalue weighted by Crippen LogP contribution is 2.28. The molecule has 0 saturated heterocycles. The van der Waals surface area contributed by atoms with Crippen molar-refractivity contribution in [3.8, 4) is 11.5 Å². The molecule has 144 valence electrons. The molecule has 1 amide bonds. The van der Waals surface area contributed by atoms with E-state index in [9.17, 15) is 9.59 Å². The fourth-order valence-electron chi connectivity index (χ4n) is 2.55. The van der Waals surface area contributed by atoms with Crippen LogP contribution in [-0.4, -0.2) is 37.4 Å². The van der Waals surface area contributed by atoms with Gasteiger partial charge in [0, 0.05) is 30.0 Å². The Morgan fingerprint density at radius 3 is 2.41 bits per heavy atom. The molecule has 0 aliphatic rings. The van der Waals surface area contributed by atoms with E-state index in [0.717, 1.165) is 10.0 Å². The first-order valence-corrected chi connectivity index (χ1v) is 9.50. The third-order valence-electron chi connectivity index (χ3n) is 4.12. The van der Waals surface area contributed by atoms with Crippen LogP contribution in [0.15, 0.2) is 46.9 Å². The minimum absolute atomic E-state index is 0.0285. The molecule has 27 heavy (non-hydrogen) atoms. The summed E-state index contributed by atoms with van der Waals surface area (Å²) in [7, 11) is 3.33. The van der Waals surface area contributed by atoms with Crippen LogP contribution in [0.2, 0.25) is 0 Å². The maximum absolute atomic E-state index is 12.3. The van der Waals surface area contributed by atoms with Crippen LogP contribution in [-0.2, 0) is 11.3 Å². The Morgan fingerprint density at radius 1 is 1.07 bits per heavy atom. The number of carbonyl (C=O) groups is 2. The Hall–Kier alpha value is -2.34. The summed E-state index contributed by atoms with van der Waals surface area (Å²) >= 11 is 3.40. The van der Waals surface area contributed by atoms with E-state index in [4.69, 9.17) is 9.47 Å². The van der Waals surface area contributed by atoms with Crippen molar-refractivity contribution in [1.29, 1.82) is 0 Å². The van der Waals surface area contributed by atoms with E-state index < -0.39 is 0 Å². The second-order valence-electron chi connectivity index (χ2n) is 6.25. The Bertz CT molecular complexity index is 789. The second kappa shape index (κ2) is 10.1. The molecule has 0 saturated carbocycles. The van der Waals surface area contributed by atoms with Crippen LogP contribution in [0.4, 0.5) is 0 Å². The first-order chi connectivity index (χ1) is 12.9. The molecule has 0 N–H and O–H groups in total. The summed E-state index contributed by atoms with van der Waals surface area (Å²) in [5.41, 5.74) is 1.66. The van der Waals surface area contributed by atoms with Crippen molar-refractivity contribution in [3.05, 3.63) is 58.1 Å². The van der Waals surface area contributed by atoms with E-state index in [1.165, 1.54) is 14.0 Å². The SMILES string of the molecule is COc1cc(C(C)=O)ccc1OCCCC(=O)N(C)Cc1ccc(Br)cc1. The lowest BCUT2D eigenvalue weighted by Crippen LogP contribution is -2.26. The smallest absolute Gasteiger partial charge is 0.222 e. The van der Waals surface area contributed by atoms with Gasteiger partial charge < -0.3 is 14.4 Å². The molecule has 0 aliphatic heterocycles. The molecule has 2 rings (SSSR count). The molecule has 0 aromatic heterocycles. The number of nitrogens with zero attached hydrogens (tertiary/aromatic N) is 1. The second-order valence-corrected chi connectivity index (χ2v) is 7.17. The number of benzene rings is 2. The molecule has 0 fully saturated rings.